The Morgan fingerprint density at radius 1 is 1.05 bits per heavy atom. The highest BCUT2D eigenvalue weighted by atomic mass is 35.5. The molecule has 1 aromatic heterocycles. The van der Waals surface area contributed by atoms with Crippen molar-refractivity contribution in [1.82, 2.24) is 14.8 Å². The van der Waals surface area contributed by atoms with Crippen LogP contribution in [0.15, 0.2) is 48.5 Å². The molecule has 3 aromatic rings. The SMILES string of the molecule is O=C(Oc1ccc(Cl)cc1)N1CCc2c([nH]c3c2=CC(Cl)CC=3)[C@@H]1c1ccc(OC2CCN(C[C@H](O)CO)CC2)cc1. The van der Waals surface area contributed by atoms with E-state index in [1.807, 2.05) is 24.3 Å². The van der Waals surface area contributed by atoms with Gasteiger partial charge in [0.05, 0.1) is 18.1 Å². The lowest BCUT2D eigenvalue weighted by atomic mass is 9.92. The molecule has 3 heterocycles. The minimum atomic E-state index is -0.712. The van der Waals surface area contributed by atoms with Crippen LogP contribution in [0.3, 0.4) is 0 Å². The molecule has 1 amide bonds. The van der Waals surface area contributed by atoms with Gasteiger partial charge in [-0.1, -0.05) is 35.9 Å². The maximum absolute atomic E-state index is 13.5. The zero-order valence-corrected chi connectivity index (χ0v) is 24.7. The molecule has 222 valence electrons. The summed E-state index contributed by atoms with van der Waals surface area (Å²) in [5.41, 5.74) is 3.11. The predicted molar refractivity (Wildman–Crippen MR) is 163 cm³/mol. The van der Waals surface area contributed by atoms with Crippen LogP contribution in [0.1, 0.15) is 42.1 Å². The number of aliphatic hydroxyl groups excluding tert-OH is 2. The van der Waals surface area contributed by atoms with Gasteiger partial charge in [0.2, 0.25) is 0 Å². The Balaban J connectivity index is 1.23. The third-order valence-corrected chi connectivity index (χ3v) is 8.81. The topological polar surface area (TPSA) is 98.3 Å². The number of amides is 1. The number of hydrogen-bond donors (Lipinski definition) is 3. The fraction of sp³-hybridized carbons (Fsp3) is 0.406. The molecule has 3 N–H and O–H groups in total. The van der Waals surface area contributed by atoms with Gasteiger partial charge in [-0.05, 0) is 73.2 Å². The summed E-state index contributed by atoms with van der Waals surface area (Å²) in [5, 5.41) is 21.5. The van der Waals surface area contributed by atoms with Crippen molar-refractivity contribution in [2.75, 3.05) is 32.8 Å². The number of H-pyrrole nitrogens is 1. The Labute approximate surface area is 254 Å². The first-order valence-electron chi connectivity index (χ1n) is 14.5. The first-order valence-corrected chi connectivity index (χ1v) is 15.3. The van der Waals surface area contributed by atoms with Crippen molar-refractivity contribution in [3.63, 3.8) is 0 Å². The summed E-state index contributed by atoms with van der Waals surface area (Å²) in [5.74, 6) is 1.21. The molecule has 0 bridgehead atoms. The van der Waals surface area contributed by atoms with Crippen molar-refractivity contribution in [1.29, 1.82) is 0 Å². The van der Waals surface area contributed by atoms with E-state index in [1.165, 1.54) is 5.56 Å². The average molecular weight is 613 g/mol. The second-order valence-corrected chi connectivity index (χ2v) is 12.2. The van der Waals surface area contributed by atoms with Gasteiger partial charge in [0.25, 0.3) is 0 Å². The molecule has 1 unspecified atom stereocenters. The van der Waals surface area contributed by atoms with Crippen LogP contribution >= 0.6 is 23.2 Å². The molecule has 2 aromatic carbocycles. The van der Waals surface area contributed by atoms with Gasteiger partial charge in [-0.25, -0.2) is 4.79 Å². The molecule has 1 fully saturated rings. The van der Waals surface area contributed by atoms with Gasteiger partial charge < -0.3 is 29.6 Å². The Kier molecular flexibility index (Phi) is 8.79. The largest absolute Gasteiger partial charge is 0.490 e. The number of ether oxygens (including phenoxy) is 2. The Morgan fingerprint density at radius 3 is 2.48 bits per heavy atom. The first-order chi connectivity index (χ1) is 20.4. The highest BCUT2D eigenvalue weighted by molar-refractivity contribution is 6.30. The molecule has 10 heteroatoms. The van der Waals surface area contributed by atoms with Crippen molar-refractivity contribution in [3.8, 4) is 11.5 Å². The van der Waals surface area contributed by atoms with Gasteiger partial charge in [-0.15, -0.1) is 11.6 Å². The molecule has 2 aliphatic heterocycles. The number of piperidine rings is 1. The highest BCUT2D eigenvalue weighted by Gasteiger charge is 2.36. The molecule has 3 atom stereocenters. The number of aromatic nitrogens is 1. The average Bonchev–Trinajstić information content (AvgIpc) is 3.37. The summed E-state index contributed by atoms with van der Waals surface area (Å²) in [6.07, 6.45) is 6.32. The van der Waals surface area contributed by atoms with Crippen LogP contribution < -0.4 is 20.0 Å². The second kappa shape index (κ2) is 12.7. The number of rotatable bonds is 7. The van der Waals surface area contributed by atoms with Gasteiger partial charge in [0.1, 0.15) is 23.6 Å². The molecule has 3 aliphatic rings. The number of carbonyl (C=O) groups is 1. The maximum Gasteiger partial charge on any atom is 0.416 e. The number of likely N-dealkylation sites (tertiary alicyclic amines) is 1. The Hall–Kier alpha value is -3.01. The molecule has 8 nitrogen and oxygen atoms in total. The van der Waals surface area contributed by atoms with Crippen LogP contribution in [0.25, 0.3) is 12.2 Å². The summed E-state index contributed by atoms with van der Waals surface area (Å²) in [6, 6.07) is 14.4. The van der Waals surface area contributed by atoms with E-state index in [-0.39, 0.29) is 24.1 Å². The maximum atomic E-state index is 13.5. The van der Waals surface area contributed by atoms with Crippen LogP contribution in [0.2, 0.25) is 5.02 Å². The van der Waals surface area contributed by atoms with Gasteiger partial charge in [0, 0.05) is 47.5 Å². The first kappa shape index (κ1) is 29.1. The van der Waals surface area contributed by atoms with E-state index in [9.17, 15) is 9.90 Å². The smallest absolute Gasteiger partial charge is 0.416 e. The standard InChI is InChI=1S/C32H35Cl2N3O5/c33-21-3-8-25(9-4-21)42-32(40)37-16-13-27-28-17-22(34)5-10-29(28)35-30(27)31(37)20-1-6-24(7-2-20)41-26-11-14-36(15-12-26)18-23(39)19-38/h1-4,6-10,17,22-23,26,31,35,38-39H,5,11-16,18-19H2/t22?,23-,31-/m0/s1. The summed E-state index contributed by atoms with van der Waals surface area (Å²) >= 11 is 12.5. The molecule has 1 saturated heterocycles. The molecule has 1 aliphatic carbocycles. The zero-order valence-electron chi connectivity index (χ0n) is 23.2. The van der Waals surface area contributed by atoms with E-state index in [0.29, 0.717) is 30.3 Å². The molecule has 42 heavy (non-hydrogen) atoms. The quantitative estimate of drug-likeness (QED) is 0.353. The summed E-state index contributed by atoms with van der Waals surface area (Å²) in [4.78, 5) is 21.1. The van der Waals surface area contributed by atoms with E-state index in [0.717, 1.165) is 59.9 Å². The third kappa shape index (κ3) is 6.33. The lowest BCUT2D eigenvalue weighted by molar-refractivity contribution is 0.0346. The fourth-order valence-corrected chi connectivity index (χ4v) is 6.48. The minimum Gasteiger partial charge on any atom is -0.490 e. The number of aromatic amines is 1. The van der Waals surface area contributed by atoms with Gasteiger partial charge in [-0.3, -0.25) is 4.90 Å². The van der Waals surface area contributed by atoms with Crippen LogP contribution in [0.4, 0.5) is 4.79 Å². The predicted octanol–water partition coefficient (Wildman–Crippen LogP) is 3.58. The summed E-state index contributed by atoms with van der Waals surface area (Å²) < 4.78 is 12.1. The number of halogens is 2. The Bertz CT molecular complexity index is 1520. The number of nitrogens with one attached hydrogen (secondary N) is 1. The van der Waals surface area contributed by atoms with E-state index in [2.05, 4.69) is 22.0 Å². The number of β-amino-alcohol motifs (C(OH)–C–C–N with tert-alkyl or cyclic N) is 1. The Morgan fingerprint density at radius 2 is 1.76 bits per heavy atom. The van der Waals surface area contributed by atoms with Crippen molar-refractivity contribution in [3.05, 3.63) is 80.9 Å². The van der Waals surface area contributed by atoms with Crippen LogP contribution in [-0.2, 0) is 6.42 Å². The molecule has 6 rings (SSSR count). The molecular formula is C32H35Cl2N3O5. The van der Waals surface area contributed by atoms with Gasteiger partial charge >= 0.3 is 6.09 Å². The fourth-order valence-electron chi connectivity index (χ4n) is 6.14. The van der Waals surface area contributed by atoms with E-state index >= 15 is 0 Å². The minimum absolute atomic E-state index is 0.0493. The number of alkyl halides is 1. The molecule has 0 spiro atoms. The van der Waals surface area contributed by atoms with Crippen molar-refractivity contribution in [2.45, 2.75) is 49.3 Å². The zero-order chi connectivity index (χ0) is 29.2. The number of fused-ring (bicyclic) bond motifs is 3. The van der Waals surface area contributed by atoms with Gasteiger partial charge in [-0.2, -0.15) is 0 Å². The van der Waals surface area contributed by atoms with Crippen LogP contribution in [0, 0.1) is 0 Å². The lowest BCUT2D eigenvalue weighted by Gasteiger charge is -2.35. The lowest BCUT2D eigenvalue weighted by Crippen LogP contribution is -2.43. The number of hydrogen-bond acceptors (Lipinski definition) is 6. The summed E-state index contributed by atoms with van der Waals surface area (Å²) in [6.45, 7) is 2.36. The van der Waals surface area contributed by atoms with E-state index in [1.54, 1.807) is 29.2 Å². The monoisotopic (exact) mass is 611 g/mol. The molecule has 0 radical (unpaired) electrons. The van der Waals surface area contributed by atoms with Crippen LogP contribution in [0.5, 0.6) is 11.5 Å². The van der Waals surface area contributed by atoms with Crippen molar-refractivity contribution in [2.24, 2.45) is 0 Å². The van der Waals surface area contributed by atoms with Crippen molar-refractivity contribution < 1.29 is 24.5 Å². The third-order valence-electron chi connectivity index (χ3n) is 8.26. The van der Waals surface area contributed by atoms with E-state index < -0.39 is 12.2 Å². The van der Waals surface area contributed by atoms with Crippen LogP contribution in [-0.4, -0.2) is 81.5 Å². The molecular weight excluding hydrogens is 577 g/mol. The normalized spacial score (nSPS) is 21.5. The van der Waals surface area contributed by atoms with Crippen molar-refractivity contribution >= 4 is 41.4 Å². The summed E-state index contributed by atoms with van der Waals surface area (Å²) in [7, 11) is 0. The van der Waals surface area contributed by atoms with E-state index in [4.69, 9.17) is 37.8 Å². The second-order valence-electron chi connectivity index (χ2n) is 11.2. The van der Waals surface area contributed by atoms with Gasteiger partial charge in [0.15, 0.2) is 0 Å². The number of nitrogens with zero attached hydrogens (tertiary/aromatic N) is 2. The number of carbonyl (C=O) groups excluding carboxylic acids is 1. The molecule has 0 saturated carbocycles. The number of aliphatic hydroxyl groups is 2. The highest BCUT2D eigenvalue weighted by Crippen LogP contribution is 2.35. The number of benzene rings is 2.